The summed E-state index contributed by atoms with van der Waals surface area (Å²) in [5.41, 5.74) is 2.35. The SMILES string of the molecule is C/C(=N\NC(=O)c1cccnc1)c1cc2cc([N+](=O)[O-])ccc2oc1=O. The summed E-state index contributed by atoms with van der Waals surface area (Å²) >= 11 is 0. The zero-order valence-electron chi connectivity index (χ0n) is 13.5. The average molecular weight is 352 g/mol. The summed E-state index contributed by atoms with van der Waals surface area (Å²) < 4.78 is 5.16. The molecule has 0 spiro atoms. The molecule has 2 heterocycles. The molecule has 2 aromatic heterocycles. The molecular formula is C17H12N4O5. The van der Waals surface area contributed by atoms with E-state index < -0.39 is 16.5 Å². The molecule has 0 bridgehead atoms. The molecule has 26 heavy (non-hydrogen) atoms. The van der Waals surface area contributed by atoms with Crippen LogP contribution in [0, 0.1) is 10.1 Å². The number of aromatic nitrogens is 1. The quantitative estimate of drug-likeness (QED) is 0.332. The molecule has 0 aliphatic carbocycles. The van der Waals surface area contributed by atoms with E-state index in [-0.39, 0.29) is 22.5 Å². The van der Waals surface area contributed by atoms with Crippen LogP contribution in [-0.2, 0) is 0 Å². The summed E-state index contributed by atoms with van der Waals surface area (Å²) in [5.74, 6) is -0.488. The van der Waals surface area contributed by atoms with Crippen LogP contribution in [0.2, 0.25) is 0 Å². The van der Waals surface area contributed by atoms with Gasteiger partial charge in [-0.25, -0.2) is 10.2 Å². The fourth-order valence-corrected chi connectivity index (χ4v) is 2.23. The third-order valence-electron chi connectivity index (χ3n) is 3.57. The second kappa shape index (κ2) is 6.93. The Bertz CT molecular complexity index is 1090. The van der Waals surface area contributed by atoms with Crippen LogP contribution in [0.3, 0.4) is 0 Å². The Morgan fingerprint density at radius 2 is 2.12 bits per heavy atom. The van der Waals surface area contributed by atoms with Crippen LogP contribution in [0.5, 0.6) is 0 Å². The van der Waals surface area contributed by atoms with Crippen molar-refractivity contribution in [3.8, 4) is 0 Å². The Morgan fingerprint density at radius 3 is 2.81 bits per heavy atom. The Kier molecular flexibility index (Phi) is 4.52. The lowest BCUT2D eigenvalue weighted by Crippen LogP contribution is -2.21. The van der Waals surface area contributed by atoms with Crippen LogP contribution in [-0.4, -0.2) is 21.5 Å². The van der Waals surface area contributed by atoms with Gasteiger partial charge in [-0.15, -0.1) is 0 Å². The van der Waals surface area contributed by atoms with E-state index in [1.165, 1.54) is 43.6 Å². The topological polar surface area (TPSA) is 128 Å². The first kappa shape index (κ1) is 17.0. The summed E-state index contributed by atoms with van der Waals surface area (Å²) in [6.45, 7) is 1.51. The number of pyridine rings is 1. The zero-order valence-corrected chi connectivity index (χ0v) is 13.5. The van der Waals surface area contributed by atoms with Crippen molar-refractivity contribution in [2.45, 2.75) is 6.92 Å². The van der Waals surface area contributed by atoms with Crippen molar-refractivity contribution in [1.82, 2.24) is 10.4 Å². The number of non-ortho nitro benzene ring substituents is 1. The van der Waals surface area contributed by atoms with Crippen LogP contribution in [0.25, 0.3) is 11.0 Å². The lowest BCUT2D eigenvalue weighted by atomic mass is 10.1. The summed E-state index contributed by atoms with van der Waals surface area (Å²) in [6.07, 6.45) is 2.91. The molecule has 0 saturated carbocycles. The van der Waals surface area contributed by atoms with Gasteiger partial charge in [0.15, 0.2) is 0 Å². The molecule has 0 fully saturated rings. The van der Waals surface area contributed by atoms with E-state index in [0.717, 1.165) is 0 Å². The van der Waals surface area contributed by atoms with E-state index >= 15 is 0 Å². The largest absolute Gasteiger partial charge is 0.422 e. The number of fused-ring (bicyclic) bond motifs is 1. The second-order valence-electron chi connectivity index (χ2n) is 5.31. The first-order chi connectivity index (χ1) is 12.5. The predicted molar refractivity (Wildman–Crippen MR) is 93.1 cm³/mol. The summed E-state index contributed by atoms with van der Waals surface area (Å²) in [6, 6.07) is 8.51. The van der Waals surface area contributed by atoms with Crippen LogP contribution < -0.4 is 11.1 Å². The average Bonchev–Trinajstić information content (AvgIpc) is 2.65. The lowest BCUT2D eigenvalue weighted by Gasteiger charge is -2.03. The normalized spacial score (nSPS) is 11.3. The molecule has 130 valence electrons. The minimum absolute atomic E-state index is 0.0875. The maximum absolute atomic E-state index is 12.1. The molecule has 9 nitrogen and oxygen atoms in total. The predicted octanol–water partition coefficient (Wildman–Crippen LogP) is 2.25. The smallest absolute Gasteiger partial charge is 0.345 e. The van der Waals surface area contributed by atoms with Crippen LogP contribution in [0.4, 0.5) is 5.69 Å². The van der Waals surface area contributed by atoms with Crippen molar-refractivity contribution in [2.75, 3.05) is 0 Å². The fraction of sp³-hybridized carbons (Fsp3) is 0.0588. The molecule has 0 aliphatic heterocycles. The van der Waals surface area contributed by atoms with Gasteiger partial charge in [0.25, 0.3) is 11.6 Å². The van der Waals surface area contributed by atoms with Crippen molar-refractivity contribution < 1.29 is 14.1 Å². The molecule has 3 rings (SSSR count). The van der Waals surface area contributed by atoms with Crippen LogP contribution in [0.15, 0.2) is 63.1 Å². The highest BCUT2D eigenvalue weighted by atomic mass is 16.6. The van der Waals surface area contributed by atoms with Gasteiger partial charge in [0.1, 0.15) is 5.58 Å². The van der Waals surface area contributed by atoms with Gasteiger partial charge in [-0.3, -0.25) is 19.9 Å². The summed E-state index contributed by atoms with van der Waals surface area (Å²) in [7, 11) is 0. The van der Waals surface area contributed by atoms with Crippen LogP contribution in [0.1, 0.15) is 22.8 Å². The number of hydrogen-bond acceptors (Lipinski definition) is 7. The standard InChI is InChI=1S/C17H12N4O5/c1-10(19-20-16(22)11-3-2-6-18-9-11)14-8-12-7-13(21(24)25)4-5-15(12)26-17(14)23/h2-9H,1H3,(H,20,22)/b19-10+. The number of carbonyl (C=O) groups is 1. The molecule has 9 heteroatoms. The number of benzene rings is 1. The van der Waals surface area contributed by atoms with Crippen molar-refractivity contribution >= 4 is 28.3 Å². The highest BCUT2D eigenvalue weighted by Gasteiger charge is 2.13. The number of nitrogens with zero attached hydrogens (tertiary/aromatic N) is 3. The molecule has 0 aliphatic rings. The number of rotatable bonds is 4. The number of hydrazone groups is 1. The van der Waals surface area contributed by atoms with Crippen molar-refractivity contribution in [3.63, 3.8) is 0 Å². The molecule has 1 amide bonds. The van der Waals surface area contributed by atoms with Crippen molar-refractivity contribution in [1.29, 1.82) is 0 Å². The van der Waals surface area contributed by atoms with Crippen molar-refractivity contribution in [3.05, 3.63) is 80.5 Å². The summed E-state index contributed by atoms with van der Waals surface area (Å²) in [4.78, 5) is 38.2. The van der Waals surface area contributed by atoms with E-state index in [2.05, 4.69) is 15.5 Å². The minimum Gasteiger partial charge on any atom is -0.422 e. The van der Waals surface area contributed by atoms with Gasteiger partial charge < -0.3 is 4.42 Å². The number of nitro groups is 1. The molecule has 1 aromatic carbocycles. The lowest BCUT2D eigenvalue weighted by molar-refractivity contribution is -0.384. The van der Waals surface area contributed by atoms with E-state index in [4.69, 9.17) is 4.42 Å². The molecule has 3 aromatic rings. The minimum atomic E-state index is -0.664. The number of amides is 1. The Labute approximate surface area is 146 Å². The van der Waals surface area contributed by atoms with Crippen LogP contribution >= 0.6 is 0 Å². The zero-order chi connectivity index (χ0) is 18.7. The number of nitro benzene ring substituents is 1. The Hall–Kier alpha value is -3.88. The number of nitrogens with one attached hydrogen (secondary N) is 1. The summed E-state index contributed by atoms with van der Waals surface area (Å²) in [5, 5.41) is 15.1. The van der Waals surface area contributed by atoms with E-state index in [1.807, 2.05) is 0 Å². The third-order valence-corrected chi connectivity index (χ3v) is 3.57. The Morgan fingerprint density at radius 1 is 1.31 bits per heavy atom. The molecular weight excluding hydrogens is 340 g/mol. The molecule has 0 unspecified atom stereocenters. The molecule has 0 radical (unpaired) electrons. The van der Waals surface area contributed by atoms with Gasteiger partial charge in [0.2, 0.25) is 0 Å². The van der Waals surface area contributed by atoms with Gasteiger partial charge in [0, 0.05) is 29.9 Å². The van der Waals surface area contributed by atoms with Gasteiger partial charge in [-0.05, 0) is 31.2 Å². The van der Waals surface area contributed by atoms with Gasteiger partial charge in [-0.2, -0.15) is 5.10 Å². The highest BCUT2D eigenvalue weighted by Crippen LogP contribution is 2.20. The van der Waals surface area contributed by atoms with E-state index in [1.54, 1.807) is 12.1 Å². The van der Waals surface area contributed by atoms with Gasteiger partial charge in [0.05, 0.1) is 21.8 Å². The van der Waals surface area contributed by atoms with Gasteiger partial charge in [-0.1, -0.05) is 0 Å². The number of carbonyl (C=O) groups excluding carboxylic acids is 1. The highest BCUT2D eigenvalue weighted by molar-refractivity contribution is 6.02. The fourth-order valence-electron chi connectivity index (χ4n) is 2.23. The Balaban J connectivity index is 1.93. The second-order valence-corrected chi connectivity index (χ2v) is 5.31. The first-order valence-corrected chi connectivity index (χ1v) is 7.43. The maximum Gasteiger partial charge on any atom is 0.345 e. The molecule has 0 atom stereocenters. The van der Waals surface area contributed by atoms with E-state index in [0.29, 0.717) is 10.9 Å². The maximum atomic E-state index is 12.1. The van der Waals surface area contributed by atoms with Gasteiger partial charge >= 0.3 is 5.63 Å². The molecule has 0 saturated heterocycles. The molecule has 1 N–H and O–H groups in total. The number of hydrogen-bond donors (Lipinski definition) is 1. The van der Waals surface area contributed by atoms with Crippen molar-refractivity contribution in [2.24, 2.45) is 5.10 Å². The monoisotopic (exact) mass is 352 g/mol. The van der Waals surface area contributed by atoms with E-state index in [9.17, 15) is 19.7 Å². The first-order valence-electron chi connectivity index (χ1n) is 7.43. The third kappa shape index (κ3) is 3.46.